The first-order valence-corrected chi connectivity index (χ1v) is 7.13. The molecule has 1 aliphatic rings. The number of rotatable bonds is 4. The highest BCUT2D eigenvalue weighted by Crippen LogP contribution is 2.30. The number of nitrogens with zero attached hydrogens (tertiary/aromatic N) is 2. The number of carbonyl (C=O) groups is 1. The molecule has 1 aromatic carbocycles. The van der Waals surface area contributed by atoms with Gasteiger partial charge in [-0.2, -0.15) is 0 Å². The van der Waals surface area contributed by atoms with Gasteiger partial charge >= 0.3 is 5.69 Å². The molecule has 7 heteroatoms. The molecular formula is C14H17ClN2O4. The summed E-state index contributed by atoms with van der Waals surface area (Å²) in [6.07, 6.45) is 1.86. The van der Waals surface area contributed by atoms with Crippen LogP contribution in [0.25, 0.3) is 0 Å². The van der Waals surface area contributed by atoms with Crippen molar-refractivity contribution in [3.8, 4) is 0 Å². The lowest BCUT2D eigenvalue weighted by atomic mass is 9.98. The summed E-state index contributed by atoms with van der Waals surface area (Å²) in [5.41, 5.74) is -0.274. The maximum Gasteiger partial charge on any atom is 0.300 e. The Balaban J connectivity index is 2.24. The molecule has 1 heterocycles. The number of carbonyl (C=O) groups excluding carboxylic acids is 1. The lowest BCUT2D eigenvalue weighted by Gasteiger charge is -2.32. The maximum absolute atomic E-state index is 12.5. The van der Waals surface area contributed by atoms with Crippen molar-refractivity contribution in [2.45, 2.75) is 12.8 Å². The molecule has 6 nitrogen and oxygen atoms in total. The SMILES string of the molecule is COCC1CCCN(C(=O)c2cccc(Cl)c2[N+](=O)[O-])C1. The minimum atomic E-state index is -0.605. The van der Waals surface area contributed by atoms with Crippen molar-refractivity contribution in [1.29, 1.82) is 0 Å². The zero-order valence-electron chi connectivity index (χ0n) is 11.8. The summed E-state index contributed by atoms with van der Waals surface area (Å²) in [5, 5.41) is 11.1. The van der Waals surface area contributed by atoms with E-state index in [1.807, 2.05) is 0 Å². The molecule has 114 valence electrons. The summed E-state index contributed by atoms with van der Waals surface area (Å²) in [7, 11) is 1.63. The number of nitro groups is 1. The molecule has 1 aromatic rings. The van der Waals surface area contributed by atoms with E-state index in [2.05, 4.69) is 0 Å². The number of benzene rings is 1. The Morgan fingerprint density at radius 1 is 1.57 bits per heavy atom. The van der Waals surface area contributed by atoms with Gasteiger partial charge in [0.2, 0.25) is 0 Å². The summed E-state index contributed by atoms with van der Waals surface area (Å²) in [4.78, 5) is 24.7. The highest BCUT2D eigenvalue weighted by Gasteiger charge is 2.30. The van der Waals surface area contributed by atoms with Crippen molar-refractivity contribution >= 4 is 23.2 Å². The van der Waals surface area contributed by atoms with Gasteiger partial charge in [-0.15, -0.1) is 0 Å². The molecule has 1 fully saturated rings. The Hall–Kier alpha value is -1.66. The fraction of sp³-hybridized carbons (Fsp3) is 0.500. The monoisotopic (exact) mass is 312 g/mol. The number of hydrogen-bond donors (Lipinski definition) is 0. The van der Waals surface area contributed by atoms with Crippen LogP contribution in [0.3, 0.4) is 0 Å². The zero-order valence-corrected chi connectivity index (χ0v) is 12.5. The number of likely N-dealkylation sites (tertiary alicyclic amines) is 1. The van der Waals surface area contributed by atoms with Gasteiger partial charge in [0, 0.05) is 20.2 Å². The van der Waals surface area contributed by atoms with E-state index in [1.165, 1.54) is 12.1 Å². The Morgan fingerprint density at radius 2 is 2.33 bits per heavy atom. The predicted octanol–water partition coefficient (Wildman–Crippen LogP) is 2.75. The average Bonchev–Trinajstić information content (AvgIpc) is 2.46. The molecule has 1 amide bonds. The fourth-order valence-corrected chi connectivity index (χ4v) is 2.91. The number of hydrogen-bond acceptors (Lipinski definition) is 4. The Labute approximate surface area is 127 Å². The number of amides is 1. The quantitative estimate of drug-likeness (QED) is 0.633. The van der Waals surface area contributed by atoms with E-state index < -0.39 is 4.92 Å². The van der Waals surface area contributed by atoms with Crippen LogP contribution in [0, 0.1) is 16.0 Å². The minimum absolute atomic E-state index is 0.0173. The van der Waals surface area contributed by atoms with E-state index in [0.717, 1.165) is 12.8 Å². The summed E-state index contributed by atoms with van der Waals surface area (Å²) in [6.45, 7) is 1.74. The number of ether oxygens (including phenoxy) is 1. The third-order valence-electron chi connectivity index (χ3n) is 3.61. The number of halogens is 1. The van der Waals surface area contributed by atoms with Crippen LogP contribution in [0.5, 0.6) is 0 Å². The lowest BCUT2D eigenvalue weighted by Crippen LogP contribution is -2.41. The van der Waals surface area contributed by atoms with Crippen molar-refractivity contribution in [3.63, 3.8) is 0 Å². The molecule has 0 bridgehead atoms. The van der Waals surface area contributed by atoms with Crippen LogP contribution in [-0.2, 0) is 4.74 Å². The molecule has 1 unspecified atom stereocenters. The summed E-state index contributed by atoms with van der Waals surface area (Å²) in [5.74, 6) is -0.0732. The molecule has 0 saturated carbocycles. The second-order valence-electron chi connectivity index (χ2n) is 5.11. The van der Waals surface area contributed by atoms with Crippen LogP contribution in [0.1, 0.15) is 23.2 Å². The van der Waals surface area contributed by atoms with Gasteiger partial charge in [0.1, 0.15) is 10.6 Å². The maximum atomic E-state index is 12.5. The topological polar surface area (TPSA) is 72.7 Å². The standard InChI is InChI=1S/C14H17ClN2O4/c1-21-9-10-4-3-7-16(8-10)14(18)11-5-2-6-12(15)13(11)17(19)20/h2,5-6,10H,3-4,7-9H2,1H3. The molecule has 1 aliphatic heterocycles. The van der Waals surface area contributed by atoms with Crippen molar-refractivity contribution in [3.05, 3.63) is 38.9 Å². The molecule has 2 rings (SSSR count). The van der Waals surface area contributed by atoms with E-state index in [1.54, 1.807) is 18.1 Å². The molecule has 1 atom stereocenters. The van der Waals surface area contributed by atoms with Gasteiger partial charge in [-0.1, -0.05) is 17.7 Å². The molecule has 0 radical (unpaired) electrons. The zero-order chi connectivity index (χ0) is 15.4. The molecule has 0 aliphatic carbocycles. The first kappa shape index (κ1) is 15.7. The van der Waals surface area contributed by atoms with Crippen LogP contribution in [-0.4, -0.2) is 42.5 Å². The predicted molar refractivity (Wildman–Crippen MR) is 78.6 cm³/mol. The van der Waals surface area contributed by atoms with Gasteiger partial charge in [-0.3, -0.25) is 14.9 Å². The van der Waals surface area contributed by atoms with E-state index in [9.17, 15) is 14.9 Å². The summed E-state index contributed by atoms with van der Waals surface area (Å²) < 4.78 is 5.13. The summed E-state index contributed by atoms with van der Waals surface area (Å²) in [6, 6.07) is 4.42. The Morgan fingerprint density at radius 3 is 3.00 bits per heavy atom. The molecule has 0 N–H and O–H groups in total. The van der Waals surface area contributed by atoms with E-state index >= 15 is 0 Å². The third kappa shape index (κ3) is 3.51. The molecular weight excluding hydrogens is 296 g/mol. The lowest BCUT2D eigenvalue weighted by molar-refractivity contribution is -0.385. The Bertz CT molecular complexity index is 548. The fourth-order valence-electron chi connectivity index (χ4n) is 2.67. The van der Waals surface area contributed by atoms with Gasteiger partial charge in [0.15, 0.2) is 0 Å². The van der Waals surface area contributed by atoms with Crippen molar-refractivity contribution < 1.29 is 14.5 Å². The number of piperidine rings is 1. The van der Waals surface area contributed by atoms with Crippen LogP contribution < -0.4 is 0 Å². The number of nitro benzene ring substituents is 1. The van der Waals surface area contributed by atoms with Gasteiger partial charge in [0.05, 0.1) is 11.5 Å². The largest absolute Gasteiger partial charge is 0.384 e. The number of para-hydroxylation sites is 1. The van der Waals surface area contributed by atoms with Gasteiger partial charge in [-0.05, 0) is 30.9 Å². The smallest absolute Gasteiger partial charge is 0.300 e. The van der Waals surface area contributed by atoms with Gasteiger partial charge in [-0.25, -0.2) is 0 Å². The molecule has 0 spiro atoms. The first-order valence-electron chi connectivity index (χ1n) is 6.75. The normalized spacial score (nSPS) is 18.6. The van der Waals surface area contributed by atoms with Crippen LogP contribution in [0.2, 0.25) is 5.02 Å². The highest BCUT2D eigenvalue weighted by atomic mass is 35.5. The van der Waals surface area contributed by atoms with Crippen molar-refractivity contribution in [1.82, 2.24) is 4.90 Å². The van der Waals surface area contributed by atoms with E-state index in [0.29, 0.717) is 19.7 Å². The molecule has 21 heavy (non-hydrogen) atoms. The van der Waals surface area contributed by atoms with Gasteiger partial charge < -0.3 is 9.64 Å². The minimum Gasteiger partial charge on any atom is -0.384 e. The Kier molecular flexibility index (Phi) is 5.14. The van der Waals surface area contributed by atoms with Crippen LogP contribution in [0.15, 0.2) is 18.2 Å². The third-order valence-corrected chi connectivity index (χ3v) is 3.91. The second-order valence-corrected chi connectivity index (χ2v) is 5.52. The van der Waals surface area contributed by atoms with E-state index in [-0.39, 0.29) is 28.1 Å². The number of methoxy groups -OCH3 is 1. The average molecular weight is 313 g/mol. The molecule has 1 saturated heterocycles. The molecule has 0 aromatic heterocycles. The van der Waals surface area contributed by atoms with Crippen LogP contribution in [0.4, 0.5) is 5.69 Å². The first-order chi connectivity index (χ1) is 10.0. The van der Waals surface area contributed by atoms with Crippen LogP contribution >= 0.6 is 11.6 Å². The highest BCUT2D eigenvalue weighted by molar-refractivity contribution is 6.33. The van der Waals surface area contributed by atoms with Crippen molar-refractivity contribution in [2.24, 2.45) is 5.92 Å². The summed E-state index contributed by atoms with van der Waals surface area (Å²) >= 11 is 5.85. The van der Waals surface area contributed by atoms with E-state index in [4.69, 9.17) is 16.3 Å². The van der Waals surface area contributed by atoms with Gasteiger partial charge in [0.25, 0.3) is 5.91 Å². The van der Waals surface area contributed by atoms with Crippen molar-refractivity contribution in [2.75, 3.05) is 26.8 Å². The second kappa shape index (κ2) is 6.87.